The molecule has 0 saturated carbocycles. The number of carbonyl (C=O) groups excluding carboxylic acids is 1. The Kier molecular flexibility index (Phi) is 6.61. The van der Waals surface area contributed by atoms with Crippen molar-refractivity contribution in [1.29, 1.82) is 0 Å². The first-order chi connectivity index (χ1) is 15.8. The molecule has 9 nitrogen and oxygen atoms in total. The Balaban J connectivity index is 1.66. The molecule has 1 aliphatic heterocycles. The summed E-state index contributed by atoms with van der Waals surface area (Å²) in [6.45, 7) is 2.66. The van der Waals surface area contributed by atoms with Crippen LogP contribution in [-0.2, 0) is 25.5 Å². The second-order valence-corrected chi connectivity index (χ2v) is 9.45. The van der Waals surface area contributed by atoms with Gasteiger partial charge < -0.3 is 9.64 Å². The molecule has 0 aliphatic carbocycles. The number of anilines is 1. The van der Waals surface area contributed by atoms with E-state index in [1.165, 1.54) is 22.8 Å². The van der Waals surface area contributed by atoms with Crippen molar-refractivity contribution in [2.24, 2.45) is 0 Å². The van der Waals surface area contributed by atoms with Crippen LogP contribution in [-0.4, -0.2) is 55.0 Å². The average molecular weight is 477 g/mol. The van der Waals surface area contributed by atoms with Crippen molar-refractivity contribution < 1.29 is 26.5 Å². The van der Waals surface area contributed by atoms with Gasteiger partial charge in [0.15, 0.2) is 5.65 Å². The summed E-state index contributed by atoms with van der Waals surface area (Å²) in [4.78, 5) is 19.0. The molecule has 2 aromatic heterocycles. The van der Waals surface area contributed by atoms with Crippen LogP contribution in [0.3, 0.4) is 0 Å². The fourth-order valence-corrected chi connectivity index (χ4v) is 4.53. The van der Waals surface area contributed by atoms with Crippen LogP contribution < -0.4 is 4.90 Å². The molecule has 0 unspecified atom stereocenters. The van der Waals surface area contributed by atoms with Gasteiger partial charge in [0.25, 0.3) is 10.1 Å². The van der Waals surface area contributed by atoms with Gasteiger partial charge in [-0.2, -0.15) is 13.5 Å². The Morgan fingerprint density at radius 1 is 1.30 bits per heavy atom. The zero-order chi connectivity index (χ0) is 23.6. The van der Waals surface area contributed by atoms with Gasteiger partial charge in [-0.25, -0.2) is 18.7 Å². The fraction of sp³-hybridized carbons (Fsp3) is 0.409. The molecule has 0 bridgehead atoms. The third-order valence-corrected chi connectivity index (χ3v) is 6.13. The molecule has 3 heterocycles. The predicted molar refractivity (Wildman–Crippen MR) is 119 cm³/mol. The maximum absolute atomic E-state index is 14.2. The van der Waals surface area contributed by atoms with E-state index in [1.807, 2.05) is 0 Å². The van der Waals surface area contributed by atoms with Crippen LogP contribution in [0.2, 0.25) is 0 Å². The summed E-state index contributed by atoms with van der Waals surface area (Å²) in [6.07, 6.45) is 6.13. The van der Waals surface area contributed by atoms with Gasteiger partial charge in [0.05, 0.1) is 31.7 Å². The van der Waals surface area contributed by atoms with Crippen LogP contribution >= 0.6 is 0 Å². The molecule has 176 valence electrons. The fourth-order valence-electron chi connectivity index (χ4n) is 4.14. The molecule has 0 N–H and O–H groups in total. The highest BCUT2D eigenvalue weighted by Gasteiger charge is 2.30. The van der Waals surface area contributed by atoms with Crippen LogP contribution in [0.5, 0.6) is 0 Å². The number of hydrogen-bond donors (Lipinski definition) is 0. The molecule has 0 radical (unpaired) electrons. The Bertz CT molecular complexity index is 1280. The molecule has 33 heavy (non-hydrogen) atoms. The van der Waals surface area contributed by atoms with Crippen molar-refractivity contribution in [3.8, 4) is 0 Å². The van der Waals surface area contributed by atoms with Gasteiger partial charge in [-0.3, -0.25) is 4.18 Å². The van der Waals surface area contributed by atoms with E-state index in [-0.39, 0.29) is 30.6 Å². The highest BCUT2D eigenvalue weighted by Crippen LogP contribution is 2.37. The second kappa shape index (κ2) is 9.44. The van der Waals surface area contributed by atoms with Gasteiger partial charge in [-0.15, -0.1) is 0 Å². The van der Waals surface area contributed by atoms with Gasteiger partial charge in [0.2, 0.25) is 0 Å². The number of benzene rings is 1. The molecule has 3 aromatic rings. The number of ether oxygens (including phenoxy) is 1. The Morgan fingerprint density at radius 2 is 2.12 bits per heavy atom. The smallest absolute Gasteiger partial charge is 0.343 e. The quantitative estimate of drug-likeness (QED) is 0.361. The van der Waals surface area contributed by atoms with E-state index < -0.39 is 16.1 Å². The topological polar surface area (TPSA) is 103 Å². The number of halogens is 1. The number of nitrogens with zero attached hydrogens (tertiary/aromatic N) is 4. The minimum absolute atomic E-state index is 0.0207. The van der Waals surface area contributed by atoms with Crippen LogP contribution in [0.1, 0.15) is 47.3 Å². The molecule has 1 saturated heterocycles. The van der Waals surface area contributed by atoms with Crippen molar-refractivity contribution in [3.05, 3.63) is 59.2 Å². The van der Waals surface area contributed by atoms with Gasteiger partial charge >= 0.3 is 5.97 Å². The zero-order valence-electron chi connectivity index (χ0n) is 18.4. The maximum atomic E-state index is 14.2. The lowest BCUT2D eigenvalue weighted by Crippen LogP contribution is -2.25. The molecule has 1 fully saturated rings. The van der Waals surface area contributed by atoms with E-state index in [2.05, 4.69) is 15.0 Å². The number of rotatable bonds is 8. The van der Waals surface area contributed by atoms with Gasteiger partial charge in [-0.1, -0.05) is 6.07 Å². The molecule has 1 aliphatic rings. The lowest BCUT2D eigenvalue weighted by Gasteiger charge is -2.28. The van der Waals surface area contributed by atoms with E-state index in [9.17, 15) is 17.6 Å². The molecule has 1 aromatic carbocycles. The number of aromatic nitrogens is 3. The summed E-state index contributed by atoms with van der Waals surface area (Å²) < 4.78 is 48.3. The standard InChI is InChI=1S/C22H25FN4O5S/c1-3-31-22(28)18-14-24-27-11-8-20(25-21(18)27)26-10-4-5-19(26)17-13-16(23)7-6-15(17)9-12-32-33(2,29)30/h6-8,11,13-14,19H,3-5,9-10,12H2,1-2H3/t19-/m1/s1. The van der Waals surface area contributed by atoms with Crippen molar-refractivity contribution in [1.82, 2.24) is 14.6 Å². The van der Waals surface area contributed by atoms with Crippen molar-refractivity contribution >= 4 is 27.6 Å². The zero-order valence-corrected chi connectivity index (χ0v) is 19.2. The molecular formula is C22H25FN4O5S. The lowest BCUT2D eigenvalue weighted by molar-refractivity contribution is 0.0528. The van der Waals surface area contributed by atoms with Crippen LogP contribution in [0.4, 0.5) is 10.2 Å². The summed E-state index contributed by atoms with van der Waals surface area (Å²) >= 11 is 0. The molecule has 0 spiro atoms. The number of hydrogen-bond acceptors (Lipinski definition) is 8. The third kappa shape index (κ3) is 5.14. The van der Waals surface area contributed by atoms with Gasteiger partial charge in [-0.05, 0) is 55.5 Å². The van der Waals surface area contributed by atoms with E-state index in [0.717, 1.165) is 30.2 Å². The molecule has 11 heteroatoms. The van der Waals surface area contributed by atoms with Crippen molar-refractivity contribution in [2.75, 3.05) is 30.9 Å². The monoisotopic (exact) mass is 476 g/mol. The Hall–Kier alpha value is -3.05. The van der Waals surface area contributed by atoms with Crippen LogP contribution in [0.15, 0.2) is 36.7 Å². The van der Waals surface area contributed by atoms with E-state index >= 15 is 0 Å². The summed E-state index contributed by atoms with van der Waals surface area (Å²) in [5, 5.41) is 4.17. The summed E-state index contributed by atoms with van der Waals surface area (Å²) in [6, 6.07) is 6.16. The number of esters is 1. The van der Waals surface area contributed by atoms with E-state index in [4.69, 9.17) is 8.92 Å². The molecule has 4 rings (SSSR count). The Labute approximate surface area is 191 Å². The number of carbonyl (C=O) groups is 1. The van der Waals surface area contributed by atoms with E-state index in [0.29, 0.717) is 24.4 Å². The highest BCUT2D eigenvalue weighted by atomic mass is 32.2. The molecule has 0 amide bonds. The lowest BCUT2D eigenvalue weighted by atomic mass is 9.96. The summed E-state index contributed by atoms with van der Waals surface area (Å²) in [5.41, 5.74) is 2.25. The minimum Gasteiger partial charge on any atom is -0.462 e. The van der Waals surface area contributed by atoms with Gasteiger partial charge in [0, 0.05) is 12.7 Å². The largest absolute Gasteiger partial charge is 0.462 e. The Morgan fingerprint density at radius 3 is 2.88 bits per heavy atom. The normalized spacial score (nSPS) is 16.5. The first-order valence-electron chi connectivity index (χ1n) is 10.7. The predicted octanol–water partition coefficient (Wildman–Crippen LogP) is 2.91. The van der Waals surface area contributed by atoms with Crippen molar-refractivity contribution in [2.45, 2.75) is 32.2 Å². The highest BCUT2D eigenvalue weighted by molar-refractivity contribution is 7.85. The van der Waals surface area contributed by atoms with Crippen LogP contribution in [0, 0.1) is 5.82 Å². The second-order valence-electron chi connectivity index (χ2n) is 7.80. The third-order valence-electron chi connectivity index (χ3n) is 5.53. The molecule has 1 atom stereocenters. The summed E-state index contributed by atoms with van der Waals surface area (Å²) in [5.74, 6) is -0.222. The minimum atomic E-state index is -3.56. The van der Waals surface area contributed by atoms with Crippen LogP contribution in [0.25, 0.3) is 5.65 Å². The number of fused-ring (bicyclic) bond motifs is 1. The van der Waals surface area contributed by atoms with Gasteiger partial charge in [0.1, 0.15) is 17.2 Å². The molecular weight excluding hydrogens is 451 g/mol. The first-order valence-corrected chi connectivity index (χ1v) is 12.5. The van der Waals surface area contributed by atoms with Crippen molar-refractivity contribution in [3.63, 3.8) is 0 Å². The summed E-state index contributed by atoms with van der Waals surface area (Å²) in [7, 11) is -3.56. The maximum Gasteiger partial charge on any atom is 0.343 e. The van der Waals surface area contributed by atoms with E-state index in [1.54, 1.807) is 25.3 Å². The first kappa shape index (κ1) is 23.1. The SMILES string of the molecule is CCOC(=O)c1cnn2ccc(N3CCC[C@@H]3c3cc(F)ccc3CCOS(C)(=O)=O)nc12. The average Bonchev–Trinajstić information content (AvgIpc) is 3.40.